The van der Waals surface area contributed by atoms with E-state index in [0.29, 0.717) is 23.9 Å². The second kappa shape index (κ2) is 6.70. The highest BCUT2D eigenvalue weighted by Gasteiger charge is 2.48. The molecule has 24 heavy (non-hydrogen) atoms. The van der Waals surface area contributed by atoms with Crippen LogP contribution in [0.15, 0.2) is 28.8 Å². The van der Waals surface area contributed by atoms with Gasteiger partial charge in [-0.05, 0) is 63.3 Å². The van der Waals surface area contributed by atoms with Crippen molar-refractivity contribution in [2.45, 2.75) is 57.0 Å². The van der Waals surface area contributed by atoms with Crippen molar-refractivity contribution >= 4 is 24.0 Å². The van der Waals surface area contributed by atoms with Crippen LogP contribution in [-0.4, -0.2) is 29.2 Å². The summed E-state index contributed by atoms with van der Waals surface area (Å²) in [7, 11) is 2.27. The SMILES string of the molecule is Cc1cc([C@H]2[C@@H](c3ccc(Cl)c(C)c3)C[C@@H]3CC[C@H]2N3C)on1.Cl. The van der Waals surface area contributed by atoms with Gasteiger partial charge in [-0.15, -0.1) is 12.4 Å². The largest absolute Gasteiger partial charge is 0.361 e. The number of hydrogen-bond acceptors (Lipinski definition) is 3. The van der Waals surface area contributed by atoms with E-state index in [1.807, 2.05) is 13.0 Å². The molecule has 2 fully saturated rings. The number of halogens is 2. The van der Waals surface area contributed by atoms with Crippen LogP contribution in [0.4, 0.5) is 0 Å². The van der Waals surface area contributed by atoms with Crippen LogP contribution in [-0.2, 0) is 0 Å². The summed E-state index contributed by atoms with van der Waals surface area (Å²) in [5.74, 6) is 1.89. The van der Waals surface area contributed by atoms with E-state index in [1.54, 1.807) is 0 Å². The Morgan fingerprint density at radius 1 is 1.21 bits per heavy atom. The van der Waals surface area contributed by atoms with Crippen LogP contribution < -0.4 is 0 Å². The number of aryl methyl sites for hydroxylation is 2. The van der Waals surface area contributed by atoms with Gasteiger partial charge in [0.2, 0.25) is 0 Å². The highest BCUT2D eigenvalue weighted by Crippen LogP contribution is 2.51. The van der Waals surface area contributed by atoms with E-state index < -0.39 is 0 Å². The van der Waals surface area contributed by atoms with Crippen molar-refractivity contribution in [3.05, 3.63) is 51.9 Å². The molecule has 2 bridgehead atoms. The van der Waals surface area contributed by atoms with Crippen LogP contribution in [0.1, 0.15) is 53.7 Å². The van der Waals surface area contributed by atoms with E-state index in [9.17, 15) is 0 Å². The molecule has 2 aliphatic heterocycles. The van der Waals surface area contributed by atoms with E-state index >= 15 is 0 Å². The van der Waals surface area contributed by atoms with Gasteiger partial charge in [0.25, 0.3) is 0 Å². The molecule has 0 saturated carbocycles. The van der Waals surface area contributed by atoms with E-state index in [1.165, 1.54) is 24.8 Å². The van der Waals surface area contributed by atoms with Gasteiger partial charge in [-0.1, -0.05) is 28.9 Å². The predicted molar refractivity (Wildman–Crippen MR) is 99.3 cm³/mol. The molecule has 0 spiro atoms. The Morgan fingerprint density at radius 2 is 2.00 bits per heavy atom. The first-order valence-corrected chi connectivity index (χ1v) is 8.83. The number of fused-ring (bicyclic) bond motifs is 2. The Hall–Kier alpha value is -1.03. The number of likely N-dealkylation sites (N-methyl/N-ethyl adjacent to an activating group) is 1. The van der Waals surface area contributed by atoms with Gasteiger partial charge in [0.1, 0.15) is 5.76 Å². The summed E-state index contributed by atoms with van der Waals surface area (Å²) < 4.78 is 5.71. The third-order valence-electron chi connectivity index (χ3n) is 5.85. The molecule has 0 aliphatic carbocycles. The maximum Gasteiger partial charge on any atom is 0.142 e. The summed E-state index contributed by atoms with van der Waals surface area (Å²) in [6, 6.07) is 9.83. The van der Waals surface area contributed by atoms with Crippen LogP contribution in [0, 0.1) is 13.8 Å². The summed E-state index contributed by atoms with van der Waals surface area (Å²) >= 11 is 6.23. The maximum atomic E-state index is 6.23. The zero-order chi connectivity index (χ0) is 16.1. The van der Waals surface area contributed by atoms with Crippen molar-refractivity contribution in [1.29, 1.82) is 0 Å². The minimum absolute atomic E-state index is 0. The topological polar surface area (TPSA) is 29.3 Å². The van der Waals surface area contributed by atoms with Gasteiger partial charge in [0, 0.05) is 29.1 Å². The second-order valence-electron chi connectivity index (χ2n) is 7.21. The van der Waals surface area contributed by atoms with E-state index in [0.717, 1.165) is 22.0 Å². The highest BCUT2D eigenvalue weighted by atomic mass is 35.5. The Labute approximate surface area is 154 Å². The molecule has 0 N–H and O–H groups in total. The molecule has 0 amide bonds. The fourth-order valence-electron chi connectivity index (χ4n) is 4.64. The monoisotopic (exact) mass is 366 g/mol. The first kappa shape index (κ1) is 17.8. The quantitative estimate of drug-likeness (QED) is 0.740. The van der Waals surface area contributed by atoms with Crippen LogP contribution >= 0.6 is 24.0 Å². The lowest BCUT2D eigenvalue weighted by molar-refractivity contribution is 0.122. The molecule has 0 radical (unpaired) electrons. The average Bonchev–Trinajstić information content (AvgIpc) is 3.03. The summed E-state index contributed by atoms with van der Waals surface area (Å²) in [5, 5.41) is 4.99. The molecule has 0 unspecified atom stereocenters. The van der Waals surface area contributed by atoms with Gasteiger partial charge in [-0.2, -0.15) is 0 Å². The van der Waals surface area contributed by atoms with Gasteiger partial charge in [0.05, 0.1) is 5.69 Å². The third kappa shape index (κ3) is 2.87. The first-order valence-electron chi connectivity index (χ1n) is 8.46. The minimum atomic E-state index is 0. The van der Waals surface area contributed by atoms with Crippen molar-refractivity contribution in [2.75, 3.05) is 7.05 Å². The number of rotatable bonds is 2. The van der Waals surface area contributed by atoms with Crippen LogP contribution in [0.25, 0.3) is 0 Å². The number of nitrogens with zero attached hydrogens (tertiary/aromatic N) is 2. The summed E-state index contributed by atoms with van der Waals surface area (Å²) in [5.41, 5.74) is 3.51. The van der Waals surface area contributed by atoms with Gasteiger partial charge >= 0.3 is 0 Å². The lowest BCUT2D eigenvalue weighted by Gasteiger charge is -2.42. The van der Waals surface area contributed by atoms with Crippen molar-refractivity contribution < 1.29 is 4.52 Å². The van der Waals surface area contributed by atoms with E-state index in [2.05, 4.69) is 42.2 Å². The summed E-state index contributed by atoms with van der Waals surface area (Å²) in [6.07, 6.45) is 3.71. The molecule has 4 rings (SSSR count). The standard InChI is InChI=1S/C19H23ClN2O.ClH/c1-11-8-13(4-6-16(11)20)15-10-14-5-7-17(22(14)3)19(15)18-9-12(2)21-23-18;/h4,6,8-9,14-15,17,19H,5,7,10H2,1-3H3;1H/t14-,15+,17+,19-;/m0./s1. The van der Waals surface area contributed by atoms with Crippen molar-refractivity contribution in [1.82, 2.24) is 10.1 Å². The number of benzene rings is 1. The van der Waals surface area contributed by atoms with Crippen LogP contribution in [0.2, 0.25) is 5.02 Å². The molecule has 130 valence electrons. The molecule has 2 aliphatic rings. The zero-order valence-electron chi connectivity index (χ0n) is 14.3. The number of piperidine rings is 1. The van der Waals surface area contributed by atoms with Crippen molar-refractivity contribution in [3.63, 3.8) is 0 Å². The van der Waals surface area contributed by atoms with Gasteiger partial charge in [-0.25, -0.2) is 0 Å². The van der Waals surface area contributed by atoms with Gasteiger partial charge in [0.15, 0.2) is 0 Å². The van der Waals surface area contributed by atoms with Gasteiger partial charge in [-0.3, -0.25) is 4.90 Å². The Kier molecular flexibility index (Phi) is 4.96. The molecule has 1 aromatic carbocycles. The second-order valence-corrected chi connectivity index (χ2v) is 7.62. The molecule has 5 heteroatoms. The van der Waals surface area contributed by atoms with Crippen molar-refractivity contribution in [2.24, 2.45) is 0 Å². The average molecular weight is 367 g/mol. The fraction of sp³-hybridized carbons (Fsp3) is 0.526. The normalized spacial score (nSPS) is 29.5. The number of hydrogen-bond donors (Lipinski definition) is 0. The Balaban J connectivity index is 0.00000169. The van der Waals surface area contributed by atoms with Gasteiger partial charge < -0.3 is 4.52 Å². The van der Waals surface area contributed by atoms with Crippen LogP contribution in [0.5, 0.6) is 0 Å². The third-order valence-corrected chi connectivity index (χ3v) is 6.28. The molecule has 3 nitrogen and oxygen atoms in total. The fourth-order valence-corrected chi connectivity index (χ4v) is 4.75. The lowest BCUT2D eigenvalue weighted by atomic mass is 9.74. The molecule has 2 aromatic rings. The molecular weight excluding hydrogens is 343 g/mol. The van der Waals surface area contributed by atoms with E-state index in [-0.39, 0.29) is 12.4 Å². The van der Waals surface area contributed by atoms with Crippen LogP contribution in [0.3, 0.4) is 0 Å². The Bertz CT molecular complexity index is 730. The lowest BCUT2D eigenvalue weighted by Crippen LogP contribution is -2.44. The zero-order valence-corrected chi connectivity index (χ0v) is 15.9. The minimum Gasteiger partial charge on any atom is -0.361 e. The smallest absolute Gasteiger partial charge is 0.142 e. The Morgan fingerprint density at radius 3 is 2.67 bits per heavy atom. The molecule has 3 heterocycles. The first-order chi connectivity index (χ1) is 11.0. The maximum absolute atomic E-state index is 6.23. The summed E-state index contributed by atoms with van der Waals surface area (Å²) in [6.45, 7) is 4.08. The van der Waals surface area contributed by atoms with E-state index in [4.69, 9.17) is 16.1 Å². The molecule has 1 aromatic heterocycles. The summed E-state index contributed by atoms with van der Waals surface area (Å²) in [4.78, 5) is 2.56. The molecule has 2 saturated heterocycles. The van der Waals surface area contributed by atoms with Crippen molar-refractivity contribution in [3.8, 4) is 0 Å². The highest BCUT2D eigenvalue weighted by molar-refractivity contribution is 6.31. The predicted octanol–water partition coefficient (Wildman–Crippen LogP) is 5.10. The molecular formula is C19H24Cl2N2O. The number of aromatic nitrogens is 1. The molecule has 4 atom stereocenters.